The largest absolute Gasteiger partial charge is 0.481 e. The Balaban J connectivity index is 3.39. The Morgan fingerprint density at radius 2 is 0.576 bits per heavy atom. The minimum absolute atomic E-state index is 0.0610. The zero-order chi connectivity index (χ0) is 110. The first-order valence-corrected chi connectivity index (χ1v) is 48.4. The maximum absolute atomic E-state index is 14.6. The molecule has 0 aromatic carbocycles. The molecule has 0 aromatic heterocycles. The van der Waals surface area contributed by atoms with Crippen LogP contribution < -0.4 is 119 Å². The van der Waals surface area contributed by atoms with Crippen LogP contribution in [0.2, 0.25) is 0 Å². The van der Waals surface area contributed by atoms with Crippen LogP contribution in [-0.4, -0.2) is 355 Å². The number of amides is 19. The first kappa shape index (κ1) is 129. The second-order valence-corrected chi connectivity index (χ2v) is 37.4. The molecule has 1 saturated heterocycles. The summed E-state index contributed by atoms with van der Waals surface area (Å²) >= 11 is 0. The predicted molar refractivity (Wildman–Crippen MR) is 513 cm³/mol. The van der Waals surface area contributed by atoms with E-state index >= 15 is 0 Å². The highest BCUT2D eigenvalue weighted by atomic mass is 16.4. The van der Waals surface area contributed by atoms with E-state index < -0.39 is 332 Å². The zero-order valence-electron chi connectivity index (χ0n) is 84.8. The van der Waals surface area contributed by atoms with E-state index in [1.54, 1.807) is 27.7 Å². The number of aliphatic hydroxyl groups excluding tert-OH is 4. The number of aliphatic hydroxyl groups is 4. The summed E-state index contributed by atoms with van der Waals surface area (Å²) in [5, 5.41) is 123. The Bertz CT molecular complexity index is 4340. The van der Waals surface area contributed by atoms with Gasteiger partial charge < -0.3 is 164 Å². The van der Waals surface area contributed by atoms with E-state index in [2.05, 4.69) is 90.4 Å². The Morgan fingerprint density at radius 1 is 0.312 bits per heavy atom. The number of carboxylic acids is 4. The molecule has 0 radical (unpaired) electrons. The smallest absolute Gasteiger partial charge is 0.326 e. The molecule has 0 unspecified atom stereocenters. The van der Waals surface area contributed by atoms with Gasteiger partial charge in [0.1, 0.15) is 115 Å². The molecule has 23 atom stereocenters. The lowest BCUT2D eigenvalue weighted by atomic mass is 9.95. The highest BCUT2D eigenvalue weighted by Crippen LogP contribution is 2.22. The number of carboxylic acid groups (broad SMARTS) is 4. The third-order valence-electron chi connectivity index (χ3n) is 23.7. The van der Waals surface area contributed by atoms with E-state index in [4.69, 9.17) is 22.9 Å². The number of aliphatic carboxylic acids is 4. The Morgan fingerprint density at radius 3 is 0.924 bits per heavy atom. The monoisotopic (exact) mass is 2060 g/mol. The van der Waals surface area contributed by atoms with Crippen molar-refractivity contribution in [1.82, 2.24) is 101 Å². The van der Waals surface area contributed by atoms with Crippen LogP contribution in [0.4, 0.5) is 0 Å². The summed E-state index contributed by atoms with van der Waals surface area (Å²) in [6, 6.07) is -32.6. The highest BCUT2D eigenvalue weighted by molar-refractivity contribution is 6.03. The molecular formula is C90H157N23O31. The van der Waals surface area contributed by atoms with E-state index in [1.165, 1.54) is 67.2 Å². The van der Waals surface area contributed by atoms with E-state index in [0.29, 0.717) is 32.2 Å². The van der Waals surface area contributed by atoms with Crippen molar-refractivity contribution in [3.8, 4) is 0 Å². The fourth-order valence-electron chi connectivity index (χ4n) is 14.6. The van der Waals surface area contributed by atoms with Crippen LogP contribution >= 0.6 is 0 Å². The molecule has 1 aliphatic heterocycles. The number of carbonyl (C=O) groups is 23. The van der Waals surface area contributed by atoms with Crippen LogP contribution in [0, 0.1) is 35.5 Å². The number of unbranched alkanes of at least 4 members (excludes halogenated alkanes) is 3. The van der Waals surface area contributed by atoms with Gasteiger partial charge >= 0.3 is 23.9 Å². The van der Waals surface area contributed by atoms with Crippen molar-refractivity contribution < 1.29 is 151 Å². The third-order valence-corrected chi connectivity index (χ3v) is 23.7. The van der Waals surface area contributed by atoms with Crippen molar-refractivity contribution in [3.05, 3.63) is 0 Å². The van der Waals surface area contributed by atoms with Crippen LogP contribution in [-0.2, 0) is 110 Å². The molecule has 0 spiro atoms. The fraction of sp³-hybridized carbons (Fsp3) is 0.744. The molecule has 34 N–H and O–H groups in total. The summed E-state index contributed by atoms with van der Waals surface area (Å²) in [7, 11) is 0. The molecule has 19 amide bonds. The standard InChI is InChI=1S/C90H157N23O31/c1-17-45(11)68(86(139)102-56(37-64(122)123)78(131)107-66(43(7)8)84(137)111-69(46(12)18-2)87(140)101-55(36-63(120)121)77(130)103-57(90(143)144)34-41(3)4)110-75(128)53(28-21-24-32-93)98-74(127)52(27-20-23-31-92)99-79(132)58(38-114)104-71(124)47(13)95-76(129)54(35-62(118)119)100-80(133)59(39-115)105-73(126)49(15)97-83(136)65(42(5)6)109-88(141)70(50(16)117)112-85(138)67(44(9)10)108-81(134)60(40-116)106-72(125)48(14)96-82(135)61-29-25-33-113(61)89(142)51(94)26-19-22-30-91/h41-61,65-70,114-117H,17-40,91-94H2,1-16H3,(H,95,129)(H,96,135)(H,97,136)(H,98,127)(H,99,132)(H,100,133)(H,101,140)(H,102,139)(H,103,130)(H,104,124)(H,105,126)(H,106,125)(H,107,131)(H,108,134)(H,109,141)(H,110,128)(H,111,137)(H,112,138)(H,118,119)(H,120,121)(H,122,123)(H,143,144)/t45-,46-,47-,48-,49-,50+,51-,52-,53-,54-,55-,56-,57-,58-,59-,60-,61-,65-,66-,67-,68-,69-,70-/m0/s1. The number of hydrogen-bond donors (Lipinski definition) is 30. The van der Waals surface area contributed by atoms with Gasteiger partial charge in [0.25, 0.3) is 0 Å². The van der Waals surface area contributed by atoms with Gasteiger partial charge in [0.15, 0.2) is 0 Å². The molecule has 1 aliphatic rings. The van der Waals surface area contributed by atoms with Crippen LogP contribution in [0.5, 0.6) is 0 Å². The molecule has 0 aliphatic carbocycles. The van der Waals surface area contributed by atoms with E-state index in [9.17, 15) is 151 Å². The summed E-state index contributed by atoms with van der Waals surface area (Å²) < 4.78 is 0. The average Bonchev–Trinajstić information content (AvgIpc) is 1.54. The summed E-state index contributed by atoms with van der Waals surface area (Å²) in [6.07, 6.45) is -2.10. The molecule has 818 valence electrons. The van der Waals surface area contributed by atoms with Crippen LogP contribution in [0.15, 0.2) is 0 Å². The normalized spacial score (nSPS) is 17.0. The number of nitrogens with one attached hydrogen (secondary N) is 18. The quantitative estimate of drug-likeness (QED) is 0.0251. The van der Waals surface area contributed by atoms with E-state index in [-0.39, 0.29) is 89.8 Å². The van der Waals surface area contributed by atoms with Gasteiger partial charge in [0.05, 0.1) is 51.2 Å². The Labute approximate surface area is 835 Å². The summed E-state index contributed by atoms with van der Waals surface area (Å²) in [6.45, 7) is 20.3. The van der Waals surface area contributed by atoms with Crippen LogP contribution in [0.25, 0.3) is 0 Å². The number of hydrogen-bond acceptors (Lipinski definition) is 31. The van der Waals surface area contributed by atoms with Crippen molar-refractivity contribution in [1.29, 1.82) is 0 Å². The van der Waals surface area contributed by atoms with Gasteiger partial charge in [-0.25, -0.2) is 4.79 Å². The SMILES string of the molecule is CC[C@H](C)[C@H](NC(=O)[C@H](CCCCN)NC(=O)[C@H](CCCCN)NC(=O)[C@H](CO)NC(=O)[C@H](C)NC(=O)[C@H](CC(=O)O)NC(=O)[C@H](CO)NC(=O)[C@H](C)NC(=O)[C@@H](NC(=O)[C@@H](NC(=O)[C@@H](NC(=O)[C@H](CO)NC(=O)[C@H](C)NC(=O)[C@@H]1CCCN1C(=O)[C@@H](N)CCCCN)C(C)C)[C@@H](C)O)C(C)C)C(=O)N[C@@H](CC(=O)O)C(=O)N[C@H](C(=O)N[C@H](C(=O)N[C@@H](CC(=O)O)C(=O)N[C@@H](CC(C)C)C(=O)O)[C@@H](C)CC)C(C)C. The van der Waals surface area contributed by atoms with Gasteiger partial charge in [0, 0.05) is 6.54 Å². The number of likely N-dealkylation sites (tertiary alicyclic amines) is 1. The molecule has 0 aromatic rings. The number of carbonyl (C=O) groups excluding carboxylic acids is 19. The molecule has 1 heterocycles. The maximum Gasteiger partial charge on any atom is 0.326 e. The number of rotatable bonds is 69. The minimum atomic E-state index is -2.11. The molecule has 0 bridgehead atoms. The first-order valence-electron chi connectivity index (χ1n) is 48.4. The molecule has 0 saturated carbocycles. The van der Waals surface area contributed by atoms with Gasteiger partial charge in [-0.3, -0.25) is 105 Å². The van der Waals surface area contributed by atoms with Gasteiger partial charge in [0.2, 0.25) is 112 Å². The second-order valence-electron chi connectivity index (χ2n) is 37.4. The van der Waals surface area contributed by atoms with Crippen molar-refractivity contribution >= 4 is 136 Å². The second kappa shape index (κ2) is 65.7. The minimum Gasteiger partial charge on any atom is -0.481 e. The van der Waals surface area contributed by atoms with Crippen molar-refractivity contribution in [2.45, 2.75) is 347 Å². The van der Waals surface area contributed by atoms with E-state index in [0.717, 1.165) is 20.8 Å². The molecule has 1 fully saturated rings. The van der Waals surface area contributed by atoms with Gasteiger partial charge in [-0.15, -0.1) is 0 Å². The maximum atomic E-state index is 14.6. The van der Waals surface area contributed by atoms with Gasteiger partial charge in [-0.1, -0.05) is 102 Å². The average molecular weight is 2060 g/mol. The van der Waals surface area contributed by atoms with Crippen LogP contribution in [0.3, 0.4) is 0 Å². The fourth-order valence-corrected chi connectivity index (χ4v) is 14.6. The Hall–Kier alpha value is -12.5. The lowest BCUT2D eigenvalue weighted by molar-refractivity contribution is -0.144. The third kappa shape index (κ3) is 44.8. The molecule has 144 heavy (non-hydrogen) atoms. The molecular weight excluding hydrogens is 1900 g/mol. The highest BCUT2D eigenvalue weighted by Gasteiger charge is 2.44. The molecule has 54 heteroatoms. The lowest BCUT2D eigenvalue weighted by Gasteiger charge is -2.31. The lowest BCUT2D eigenvalue weighted by Crippen LogP contribution is -2.63. The number of nitrogens with zero attached hydrogens (tertiary/aromatic N) is 1. The zero-order valence-corrected chi connectivity index (χ0v) is 84.8. The first-order chi connectivity index (χ1) is 67.4. The van der Waals surface area contributed by atoms with Gasteiger partial charge in [-0.2, -0.15) is 0 Å². The summed E-state index contributed by atoms with van der Waals surface area (Å²) in [5.41, 5.74) is 23.2. The van der Waals surface area contributed by atoms with E-state index in [1.807, 2.05) is 5.32 Å². The van der Waals surface area contributed by atoms with Crippen molar-refractivity contribution in [2.75, 3.05) is 46.0 Å². The Kier molecular flexibility index (Phi) is 59.1. The van der Waals surface area contributed by atoms with Gasteiger partial charge in [-0.05, 0) is 153 Å². The topological polar surface area (TPSA) is 878 Å². The molecule has 1 rings (SSSR count). The molecule has 54 nitrogen and oxygen atoms in total. The summed E-state index contributed by atoms with van der Waals surface area (Å²) in [5.74, 6) is -31.4. The van der Waals surface area contributed by atoms with Crippen molar-refractivity contribution in [2.24, 2.45) is 58.4 Å². The predicted octanol–water partition coefficient (Wildman–Crippen LogP) is -9.55. The summed E-state index contributed by atoms with van der Waals surface area (Å²) in [4.78, 5) is 314. The van der Waals surface area contributed by atoms with Crippen LogP contribution in [0.1, 0.15) is 220 Å². The van der Waals surface area contributed by atoms with Crippen molar-refractivity contribution in [3.63, 3.8) is 0 Å². The number of nitrogens with two attached hydrogens (primary N) is 4.